The Morgan fingerprint density at radius 3 is 2.65 bits per heavy atom. The Kier molecular flexibility index (Phi) is 3.67. The van der Waals surface area contributed by atoms with Gasteiger partial charge in [0.2, 0.25) is 0 Å². The Morgan fingerprint density at radius 1 is 1.53 bits per heavy atom. The maximum atomic E-state index is 13.0. The van der Waals surface area contributed by atoms with E-state index < -0.39 is 17.3 Å². The molecule has 0 spiro atoms. The maximum absolute atomic E-state index is 13.0. The number of hydrogen-bond acceptors (Lipinski definition) is 3. The molecule has 0 saturated carbocycles. The molecule has 0 aliphatic heterocycles. The fourth-order valence-corrected chi connectivity index (χ4v) is 1.15. The number of carbonyl (C=O) groups excluding carboxylic acids is 1. The largest absolute Gasteiger partial charge is 0.507 e. The molecular weight excluding hydrogens is 243 g/mol. The van der Waals surface area contributed by atoms with Crippen molar-refractivity contribution < 1.29 is 14.3 Å². The highest BCUT2D eigenvalue weighted by Gasteiger charge is 2.25. The lowest BCUT2D eigenvalue weighted by atomic mass is 10.0. The van der Waals surface area contributed by atoms with Crippen molar-refractivity contribution in [3.8, 4) is 5.75 Å². The van der Waals surface area contributed by atoms with Crippen LogP contribution in [0.25, 0.3) is 0 Å². The van der Waals surface area contributed by atoms with E-state index >= 15 is 0 Å². The second-order valence-electron chi connectivity index (χ2n) is 4.10. The Labute approximate surface area is 104 Å². The van der Waals surface area contributed by atoms with Crippen LogP contribution in [0.5, 0.6) is 5.75 Å². The average molecular weight is 256 g/mol. The van der Waals surface area contributed by atoms with Crippen LogP contribution >= 0.6 is 12.2 Å². The number of benzene rings is 1. The molecular formula is C11H13FN2O2S. The summed E-state index contributed by atoms with van der Waals surface area (Å²) in [5.41, 5.74) is 4.38. The van der Waals surface area contributed by atoms with Gasteiger partial charge in [-0.2, -0.15) is 0 Å². The van der Waals surface area contributed by atoms with Crippen molar-refractivity contribution in [3.05, 3.63) is 29.6 Å². The molecule has 0 bridgehead atoms. The van der Waals surface area contributed by atoms with Crippen LogP contribution in [0.4, 0.5) is 4.39 Å². The number of hydrogen-bond donors (Lipinski definition) is 3. The Morgan fingerprint density at radius 2 is 2.12 bits per heavy atom. The van der Waals surface area contributed by atoms with Crippen molar-refractivity contribution in [1.29, 1.82) is 0 Å². The highest BCUT2D eigenvalue weighted by atomic mass is 32.1. The van der Waals surface area contributed by atoms with Gasteiger partial charge in [-0.25, -0.2) is 4.39 Å². The predicted molar refractivity (Wildman–Crippen MR) is 66.4 cm³/mol. The van der Waals surface area contributed by atoms with E-state index in [1.54, 1.807) is 13.8 Å². The summed E-state index contributed by atoms with van der Waals surface area (Å²) in [7, 11) is 0. The summed E-state index contributed by atoms with van der Waals surface area (Å²) in [5, 5.41) is 12.0. The van der Waals surface area contributed by atoms with Crippen LogP contribution in [0.3, 0.4) is 0 Å². The number of amides is 1. The van der Waals surface area contributed by atoms with Crippen molar-refractivity contribution in [1.82, 2.24) is 5.32 Å². The summed E-state index contributed by atoms with van der Waals surface area (Å²) in [6.07, 6.45) is 0. The van der Waals surface area contributed by atoms with Crippen molar-refractivity contribution in [2.45, 2.75) is 19.4 Å². The first-order valence-electron chi connectivity index (χ1n) is 4.85. The number of rotatable bonds is 3. The van der Waals surface area contributed by atoms with Gasteiger partial charge in [0.05, 0.1) is 16.1 Å². The molecule has 0 atom stereocenters. The van der Waals surface area contributed by atoms with Crippen molar-refractivity contribution in [2.24, 2.45) is 5.73 Å². The number of carbonyl (C=O) groups is 1. The van der Waals surface area contributed by atoms with E-state index in [2.05, 4.69) is 5.32 Å². The Balaban J connectivity index is 2.98. The van der Waals surface area contributed by atoms with Crippen LogP contribution in [0.15, 0.2) is 18.2 Å². The van der Waals surface area contributed by atoms with Crippen LogP contribution in [-0.4, -0.2) is 21.5 Å². The molecule has 17 heavy (non-hydrogen) atoms. The van der Waals surface area contributed by atoms with E-state index in [1.807, 2.05) is 0 Å². The summed E-state index contributed by atoms with van der Waals surface area (Å²) >= 11 is 4.79. The molecule has 0 aliphatic carbocycles. The Bertz CT molecular complexity index is 475. The van der Waals surface area contributed by atoms with Gasteiger partial charge in [0.1, 0.15) is 11.6 Å². The quantitative estimate of drug-likeness (QED) is 0.713. The van der Waals surface area contributed by atoms with Gasteiger partial charge in [0, 0.05) is 0 Å². The zero-order chi connectivity index (χ0) is 13.2. The topological polar surface area (TPSA) is 75.3 Å². The highest BCUT2D eigenvalue weighted by Crippen LogP contribution is 2.18. The van der Waals surface area contributed by atoms with Crippen LogP contribution < -0.4 is 11.1 Å². The lowest BCUT2D eigenvalue weighted by molar-refractivity contribution is 0.0929. The van der Waals surface area contributed by atoms with Crippen molar-refractivity contribution in [2.75, 3.05) is 0 Å². The maximum Gasteiger partial charge on any atom is 0.255 e. The third-order valence-corrected chi connectivity index (χ3v) is 2.76. The Hall–Kier alpha value is -1.69. The smallest absolute Gasteiger partial charge is 0.255 e. The zero-order valence-corrected chi connectivity index (χ0v) is 10.3. The molecule has 4 nitrogen and oxygen atoms in total. The van der Waals surface area contributed by atoms with Gasteiger partial charge in [-0.1, -0.05) is 12.2 Å². The van der Waals surface area contributed by atoms with E-state index in [4.69, 9.17) is 18.0 Å². The van der Waals surface area contributed by atoms with Crippen LogP contribution in [0, 0.1) is 5.82 Å². The molecule has 1 amide bonds. The van der Waals surface area contributed by atoms with E-state index in [0.29, 0.717) is 0 Å². The molecule has 0 saturated heterocycles. The molecule has 0 radical (unpaired) electrons. The third-order valence-electron chi connectivity index (χ3n) is 2.25. The first kappa shape index (κ1) is 13.4. The highest BCUT2D eigenvalue weighted by molar-refractivity contribution is 7.80. The third kappa shape index (κ3) is 3.13. The number of phenols is 1. The summed E-state index contributed by atoms with van der Waals surface area (Å²) in [6, 6.07) is 3.11. The minimum Gasteiger partial charge on any atom is -0.507 e. The summed E-state index contributed by atoms with van der Waals surface area (Å²) < 4.78 is 13.0. The number of phenolic OH excluding ortho intramolecular Hbond substituents is 1. The number of aromatic hydroxyl groups is 1. The summed E-state index contributed by atoms with van der Waals surface area (Å²) in [4.78, 5) is 11.9. The van der Waals surface area contributed by atoms with E-state index in [1.165, 1.54) is 0 Å². The fourth-order valence-electron chi connectivity index (χ4n) is 1.10. The lowest BCUT2D eigenvalue weighted by Gasteiger charge is -2.24. The first-order chi connectivity index (χ1) is 7.74. The molecule has 92 valence electrons. The molecule has 0 heterocycles. The standard InChI is InChI=1S/C11H13FN2O2S/c1-11(2,10(13)17)14-9(16)7-5-6(12)3-4-8(7)15/h3-5,15H,1-2H3,(H2,13,17)(H,14,16). The van der Waals surface area contributed by atoms with Crippen molar-refractivity contribution >= 4 is 23.1 Å². The first-order valence-corrected chi connectivity index (χ1v) is 5.26. The van der Waals surface area contributed by atoms with Gasteiger partial charge in [-0.15, -0.1) is 0 Å². The molecule has 1 rings (SSSR count). The van der Waals surface area contributed by atoms with Gasteiger partial charge < -0.3 is 16.2 Å². The molecule has 6 heteroatoms. The van der Waals surface area contributed by atoms with E-state index in [0.717, 1.165) is 18.2 Å². The van der Waals surface area contributed by atoms with Crippen LogP contribution in [0.2, 0.25) is 0 Å². The average Bonchev–Trinajstić information content (AvgIpc) is 2.20. The zero-order valence-electron chi connectivity index (χ0n) is 9.45. The number of halogens is 1. The molecule has 0 fully saturated rings. The monoisotopic (exact) mass is 256 g/mol. The molecule has 0 aromatic heterocycles. The number of thiocarbonyl (C=S) groups is 1. The van der Waals surface area contributed by atoms with Gasteiger partial charge in [0.15, 0.2) is 0 Å². The second kappa shape index (κ2) is 4.67. The minimum absolute atomic E-state index is 0.0988. The predicted octanol–water partition coefficient (Wildman–Crippen LogP) is 1.33. The molecule has 0 unspecified atom stereocenters. The second-order valence-corrected chi connectivity index (χ2v) is 4.54. The molecule has 4 N–H and O–H groups in total. The normalized spacial score (nSPS) is 11.0. The number of nitrogens with one attached hydrogen (secondary N) is 1. The van der Waals surface area contributed by atoms with Gasteiger partial charge in [-0.05, 0) is 32.0 Å². The minimum atomic E-state index is -0.912. The van der Waals surface area contributed by atoms with Crippen molar-refractivity contribution in [3.63, 3.8) is 0 Å². The van der Waals surface area contributed by atoms with E-state index in [9.17, 15) is 14.3 Å². The molecule has 1 aromatic rings. The van der Waals surface area contributed by atoms with Crippen LogP contribution in [0.1, 0.15) is 24.2 Å². The van der Waals surface area contributed by atoms with Gasteiger partial charge >= 0.3 is 0 Å². The summed E-state index contributed by atoms with van der Waals surface area (Å²) in [5.74, 6) is -1.55. The fraction of sp³-hybridized carbons (Fsp3) is 0.273. The lowest BCUT2D eigenvalue weighted by Crippen LogP contribution is -2.52. The van der Waals surface area contributed by atoms with Gasteiger partial charge in [0.25, 0.3) is 5.91 Å². The van der Waals surface area contributed by atoms with E-state index in [-0.39, 0.29) is 16.3 Å². The number of nitrogens with two attached hydrogens (primary N) is 1. The molecule has 0 aliphatic rings. The molecule has 1 aromatic carbocycles. The van der Waals surface area contributed by atoms with Crippen LogP contribution in [-0.2, 0) is 0 Å². The SMILES string of the molecule is CC(C)(NC(=O)c1cc(F)ccc1O)C(N)=S. The summed E-state index contributed by atoms with van der Waals surface area (Å²) in [6.45, 7) is 3.23. The van der Waals surface area contributed by atoms with Gasteiger partial charge in [-0.3, -0.25) is 4.79 Å².